The van der Waals surface area contributed by atoms with Gasteiger partial charge in [0.1, 0.15) is 11.3 Å². The highest BCUT2D eigenvalue weighted by Gasteiger charge is 2.08. The Bertz CT molecular complexity index is 864. The van der Waals surface area contributed by atoms with Crippen LogP contribution in [0.15, 0.2) is 47.3 Å². The average molecular weight is 289 g/mol. The molecule has 0 aliphatic rings. The van der Waals surface area contributed by atoms with Crippen molar-refractivity contribution in [3.8, 4) is 5.75 Å². The molecule has 0 atom stereocenters. The van der Waals surface area contributed by atoms with E-state index in [4.69, 9.17) is 4.74 Å². The van der Waals surface area contributed by atoms with Crippen molar-refractivity contribution in [3.63, 3.8) is 0 Å². The van der Waals surface area contributed by atoms with Gasteiger partial charge >= 0.3 is 0 Å². The van der Waals surface area contributed by atoms with E-state index in [-0.39, 0.29) is 12.5 Å². The van der Waals surface area contributed by atoms with Crippen LogP contribution in [0.2, 0.25) is 0 Å². The third-order valence-electron chi connectivity index (χ3n) is 2.87. The van der Waals surface area contributed by atoms with Gasteiger partial charge in [0.25, 0.3) is 5.56 Å². The van der Waals surface area contributed by atoms with E-state index in [1.165, 1.54) is 0 Å². The molecule has 106 valence electrons. The lowest BCUT2D eigenvalue weighted by Crippen LogP contribution is -2.26. The van der Waals surface area contributed by atoms with Crippen molar-refractivity contribution < 1.29 is 13.5 Å². The molecule has 1 heterocycles. The molecule has 5 nitrogen and oxygen atoms in total. The van der Waals surface area contributed by atoms with Gasteiger partial charge in [-0.1, -0.05) is 17.3 Å². The van der Waals surface area contributed by atoms with Gasteiger partial charge in [0.2, 0.25) is 0 Å². The first-order chi connectivity index (χ1) is 10.1. The van der Waals surface area contributed by atoms with E-state index >= 15 is 0 Å². The summed E-state index contributed by atoms with van der Waals surface area (Å²) in [7, 11) is 0. The minimum Gasteiger partial charge on any atom is -0.468 e. The third-order valence-corrected chi connectivity index (χ3v) is 2.87. The predicted molar refractivity (Wildman–Crippen MR) is 70.8 cm³/mol. The molecule has 0 amide bonds. The first kappa shape index (κ1) is 13.2. The third kappa shape index (κ3) is 2.58. The van der Waals surface area contributed by atoms with E-state index in [0.717, 1.165) is 16.8 Å². The van der Waals surface area contributed by atoms with E-state index < -0.39 is 17.2 Å². The van der Waals surface area contributed by atoms with Crippen LogP contribution in [0.3, 0.4) is 0 Å². The highest BCUT2D eigenvalue weighted by Crippen LogP contribution is 2.17. The zero-order chi connectivity index (χ0) is 14.8. The summed E-state index contributed by atoms with van der Waals surface area (Å²) in [5, 5.41) is 7.96. The minimum absolute atomic E-state index is 0.168. The number of benzene rings is 2. The molecule has 0 unspecified atom stereocenters. The van der Waals surface area contributed by atoms with Gasteiger partial charge in [-0.05, 0) is 24.3 Å². The Morgan fingerprint density at radius 2 is 1.95 bits per heavy atom. The van der Waals surface area contributed by atoms with Crippen LogP contribution in [0.1, 0.15) is 0 Å². The fraction of sp³-hybridized carbons (Fsp3) is 0.0714. The van der Waals surface area contributed by atoms with Gasteiger partial charge in [0.05, 0.1) is 5.39 Å². The molecule has 3 aromatic rings. The number of halogens is 2. The van der Waals surface area contributed by atoms with Gasteiger partial charge in [0, 0.05) is 6.07 Å². The van der Waals surface area contributed by atoms with Crippen LogP contribution < -0.4 is 10.3 Å². The molecule has 0 saturated carbocycles. The van der Waals surface area contributed by atoms with Crippen LogP contribution in [0.5, 0.6) is 5.75 Å². The highest BCUT2D eigenvalue weighted by molar-refractivity contribution is 5.76. The predicted octanol–water partition coefficient (Wildman–Crippen LogP) is 2.11. The Balaban J connectivity index is 1.88. The quantitative estimate of drug-likeness (QED) is 0.741. The Morgan fingerprint density at radius 3 is 2.76 bits per heavy atom. The van der Waals surface area contributed by atoms with Crippen LogP contribution in [-0.4, -0.2) is 15.0 Å². The van der Waals surface area contributed by atoms with Crippen molar-refractivity contribution >= 4 is 10.9 Å². The topological polar surface area (TPSA) is 57.0 Å². The summed E-state index contributed by atoms with van der Waals surface area (Å²) in [6.45, 7) is -0.320. The molecule has 0 spiro atoms. The van der Waals surface area contributed by atoms with Crippen LogP contribution in [-0.2, 0) is 6.73 Å². The van der Waals surface area contributed by atoms with Crippen molar-refractivity contribution in [2.24, 2.45) is 0 Å². The summed E-state index contributed by atoms with van der Waals surface area (Å²) in [4.78, 5) is 12.1. The fourth-order valence-corrected chi connectivity index (χ4v) is 1.83. The number of aromatic nitrogens is 3. The SMILES string of the molecule is O=c1c2ccccc2nnn1COc1ccc(F)cc1F. The van der Waals surface area contributed by atoms with Crippen LogP contribution in [0.25, 0.3) is 10.9 Å². The lowest BCUT2D eigenvalue weighted by molar-refractivity contribution is 0.201. The summed E-state index contributed by atoms with van der Waals surface area (Å²) in [6.07, 6.45) is 0. The first-order valence-corrected chi connectivity index (χ1v) is 6.05. The zero-order valence-electron chi connectivity index (χ0n) is 10.7. The summed E-state index contributed by atoms with van der Waals surface area (Å²) in [6, 6.07) is 9.62. The minimum atomic E-state index is -0.850. The van der Waals surface area contributed by atoms with Crippen LogP contribution in [0.4, 0.5) is 8.78 Å². The number of hydrogen-bond donors (Lipinski definition) is 0. The maximum atomic E-state index is 13.4. The van der Waals surface area contributed by atoms with E-state index in [0.29, 0.717) is 17.0 Å². The first-order valence-electron chi connectivity index (χ1n) is 6.05. The molecule has 21 heavy (non-hydrogen) atoms. The molecule has 0 saturated heterocycles. The second-order valence-corrected chi connectivity index (χ2v) is 4.26. The second-order valence-electron chi connectivity index (χ2n) is 4.26. The maximum Gasteiger partial charge on any atom is 0.280 e. The van der Waals surface area contributed by atoms with E-state index in [9.17, 15) is 13.6 Å². The van der Waals surface area contributed by atoms with Gasteiger partial charge in [-0.3, -0.25) is 4.79 Å². The number of fused-ring (bicyclic) bond motifs is 1. The number of hydrogen-bond acceptors (Lipinski definition) is 4. The Labute approximate surface area is 117 Å². The molecule has 0 aliphatic heterocycles. The Kier molecular flexibility index (Phi) is 3.31. The highest BCUT2D eigenvalue weighted by atomic mass is 19.1. The molecule has 2 aromatic carbocycles. The molecule has 0 bridgehead atoms. The maximum absolute atomic E-state index is 13.4. The summed E-state index contributed by atoms with van der Waals surface area (Å²) in [5.74, 6) is -1.72. The Hall–Kier alpha value is -2.83. The van der Waals surface area contributed by atoms with E-state index in [2.05, 4.69) is 10.3 Å². The van der Waals surface area contributed by atoms with Crippen molar-refractivity contribution in [1.29, 1.82) is 0 Å². The van der Waals surface area contributed by atoms with E-state index in [1.807, 2.05) is 0 Å². The molecule has 0 fully saturated rings. The van der Waals surface area contributed by atoms with Gasteiger partial charge in [-0.15, -0.1) is 5.10 Å². The average Bonchev–Trinajstić information content (AvgIpc) is 2.48. The normalized spacial score (nSPS) is 10.8. The molecule has 0 radical (unpaired) electrons. The van der Waals surface area contributed by atoms with Crippen LogP contribution >= 0.6 is 0 Å². The van der Waals surface area contributed by atoms with Crippen LogP contribution in [0, 0.1) is 11.6 Å². The largest absolute Gasteiger partial charge is 0.468 e. The summed E-state index contributed by atoms with van der Waals surface area (Å²) >= 11 is 0. The molecule has 0 aliphatic carbocycles. The number of ether oxygens (including phenoxy) is 1. The van der Waals surface area contributed by atoms with Gasteiger partial charge in [0.15, 0.2) is 18.3 Å². The van der Waals surface area contributed by atoms with E-state index in [1.54, 1.807) is 24.3 Å². The van der Waals surface area contributed by atoms with Crippen molar-refractivity contribution in [2.45, 2.75) is 6.73 Å². The molecule has 1 aromatic heterocycles. The molecule has 0 N–H and O–H groups in total. The van der Waals surface area contributed by atoms with Crippen molar-refractivity contribution in [1.82, 2.24) is 15.0 Å². The monoisotopic (exact) mass is 289 g/mol. The zero-order valence-corrected chi connectivity index (χ0v) is 10.7. The summed E-state index contributed by atoms with van der Waals surface area (Å²) in [5.41, 5.74) is 0.0647. The summed E-state index contributed by atoms with van der Waals surface area (Å²) < 4.78 is 32.3. The molecule has 3 rings (SSSR count). The number of nitrogens with zero attached hydrogens (tertiary/aromatic N) is 3. The van der Waals surface area contributed by atoms with Gasteiger partial charge < -0.3 is 4.74 Å². The molecular weight excluding hydrogens is 280 g/mol. The molecule has 7 heteroatoms. The Morgan fingerprint density at radius 1 is 1.14 bits per heavy atom. The second kappa shape index (κ2) is 5.28. The lowest BCUT2D eigenvalue weighted by Gasteiger charge is -2.08. The fourth-order valence-electron chi connectivity index (χ4n) is 1.83. The number of rotatable bonds is 3. The van der Waals surface area contributed by atoms with Crippen molar-refractivity contribution in [3.05, 3.63) is 64.5 Å². The van der Waals surface area contributed by atoms with Gasteiger partial charge in [-0.2, -0.15) is 4.68 Å². The van der Waals surface area contributed by atoms with Gasteiger partial charge in [-0.25, -0.2) is 8.78 Å². The molecular formula is C14H9F2N3O2. The van der Waals surface area contributed by atoms with Crippen molar-refractivity contribution in [2.75, 3.05) is 0 Å². The smallest absolute Gasteiger partial charge is 0.280 e. The standard InChI is InChI=1S/C14H9F2N3O2/c15-9-5-6-13(11(16)7-9)21-8-19-14(20)10-3-1-2-4-12(10)17-18-19/h1-7H,8H2. The lowest BCUT2D eigenvalue weighted by atomic mass is 10.2.